The zero-order valence-corrected chi connectivity index (χ0v) is 25.3. The fraction of sp³-hybridized carbons (Fsp3) is 0.962. The van der Waals surface area contributed by atoms with Gasteiger partial charge in [-0.3, -0.25) is 4.79 Å². The molecule has 3 unspecified atom stereocenters. The van der Waals surface area contributed by atoms with Crippen molar-refractivity contribution in [2.24, 2.45) is 0 Å². The molecule has 0 aromatic heterocycles. The Bertz CT molecular complexity index is 1010. The van der Waals surface area contributed by atoms with Crippen LogP contribution in [0.2, 0.25) is 0 Å². The molecule has 4 fully saturated rings. The number of ether oxygens (including phenoxy) is 7. The van der Waals surface area contributed by atoms with Crippen molar-refractivity contribution >= 4 is 5.91 Å². The first kappa shape index (κ1) is 38.5. The Kier molecular flexibility index (Phi) is 13.2. The second kappa shape index (κ2) is 16.2. The third-order valence-corrected chi connectivity index (χ3v) is 8.57. The second-order valence-corrected chi connectivity index (χ2v) is 11.9. The van der Waals surface area contributed by atoms with Gasteiger partial charge in [0.2, 0.25) is 5.91 Å². The predicted molar refractivity (Wildman–Crippen MR) is 144 cm³/mol. The van der Waals surface area contributed by atoms with Crippen molar-refractivity contribution in [1.82, 2.24) is 5.32 Å². The van der Waals surface area contributed by atoms with Crippen molar-refractivity contribution in [3.63, 3.8) is 0 Å². The Morgan fingerprint density at radius 3 is 1.60 bits per heavy atom. The molecule has 0 aliphatic carbocycles. The van der Waals surface area contributed by atoms with Crippen LogP contribution in [-0.2, 0) is 38.0 Å². The molecule has 13 N–H and O–H groups in total. The molecular weight excluding hydrogens is 646 g/mol. The number of nitrogens with one attached hydrogen (secondary N) is 1. The van der Waals surface area contributed by atoms with Crippen molar-refractivity contribution in [3.05, 3.63) is 0 Å². The standard InChI is InChI=1S/C26H45NO20/c1-6-12(32)15(35)18(38)25(41-6)46-21-11(27-7(2)31)24(47-22-17(37)14(34)8(3-28)42-23(22)40)44-10(5-30)20(21)45-26-19(39)16(36)13(33)9(4-29)43-26/h6,8-26,28-30,32-40H,3-5H2,1-2H3,(H,27,31)/t6-,8+,9+,10+,11+,12+,13-,14+,15+,16-,17-,18-,19+,20+,21+,22-,23-,24?,25?,26?/m0/s1. The number of amides is 1. The molecule has 1 amide bonds. The number of carbonyl (C=O) groups is 1. The third kappa shape index (κ3) is 8.04. The molecule has 4 heterocycles. The van der Waals surface area contributed by atoms with Crippen molar-refractivity contribution in [3.8, 4) is 0 Å². The first-order valence-electron chi connectivity index (χ1n) is 15.0. The lowest BCUT2D eigenvalue weighted by Gasteiger charge is -2.51. The monoisotopic (exact) mass is 691 g/mol. The van der Waals surface area contributed by atoms with Gasteiger partial charge in [0.15, 0.2) is 25.2 Å². The number of hydrogen-bond acceptors (Lipinski definition) is 20. The van der Waals surface area contributed by atoms with Gasteiger partial charge in [-0.05, 0) is 6.92 Å². The summed E-state index contributed by atoms with van der Waals surface area (Å²) in [5.41, 5.74) is 0. The van der Waals surface area contributed by atoms with E-state index >= 15 is 0 Å². The number of aliphatic hydroxyl groups is 12. The van der Waals surface area contributed by atoms with Crippen LogP contribution < -0.4 is 5.32 Å². The highest BCUT2D eigenvalue weighted by Crippen LogP contribution is 2.35. The topological polar surface area (TPSA) is 336 Å². The summed E-state index contributed by atoms with van der Waals surface area (Å²) in [6.45, 7) is -0.110. The van der Waals surface area contributed by atoms with E-state index in [-0.39, 0.29) is 0 Å². The van der Waals surface area contributed by atoms with E-state index in [0.717, 1.165) is 6.92 Å². The normalized spacial score (nSPS) is 51.0. The Morgan fingerprint density at radius 2 is 1.02 bits per heavy atom. The lowest BCUT2D eigenvalue weighted by molar-refractivity contribution is -0.387. The molecule has 0 saturated carbocycles. The maximum Gasteiger partial charge on any atom is 0.217 e. The summed E-state index contributed by atoms with van der Waals surface area (Å²) in [6.07, 6.45) is -32.6. The minimum atomic E-state index is -1.97. The van der Waals surface area contributed by atoms with Crippen molar-refractivity contribution < 1.29 is 99.2 Å². The highest BCUT2D eigenvalue weighted by Gasteiger charge is 2.56. The molecule has 47 heavy (non-hydrogen) atoms. The third-order valence-electron chi connectivity index (χ3n) is 8.57. The zero-order valence-electron chi connectivity index (χ0n) is 25.3. The summed E-state index contributed by atoms with van der Waals surface area (Å²) in [5, 5.41) is 126. The van der Waals surface area contributed by atoms with Gasteiger partial charge in [0.05, 0.1) is 25.9 Å². The Labute approximate surface area is 267 Å². The van der Waals surface area contributed by atoms with Crippen LogP contribution in [0.4, 0.5) is 0 Å². The fourth-order valence-corrected chi connectivity index (χ4v) is 5.87. The Morgan fingerprint density at radius 1 is 0.553 bits per heavy atom. The lowest BCUT2D eigenvalue weighted by atomic mass is 9.94. The molecule has 20 atom stereocenters. The molecule has 0 bridgehead atoms. The fourth-order valence-electron chi connectivity index (χ4n) is 5.87. The van der Waals surface area contributed by atoms with Crippen molar-refractivity contribution in [1.29, 1.82) is 0 Å². The van der Waals surface area contributed by atoms with Crippen LogP contribution in [0.5, 0.6) is 0 Å². The molecule has 21 heteroatoms. The van der Waals surface area contributed by atoms with Gasteiger partial charge in [0.25, 0.3) is 0 Å². The first-order chi connectivity index (χ1) is 22.1. The van der Waals surface area contributed by atoms with Gasteiger partial charge >= 0.3 is 0 Å². The molecule has 274 valence electrons. The van der Waals surface area contributed by atoms with E-state index in [1.54, 1.807) is 0 Å². The Balaban J connectivity index is 1.71. The van der Waals surface area contributed by atoms with Gasteiger partial charge in [-0.2, -0.15) is 0 Å². The maximum absolute atomic E-state index is 12.5. The van der Waals surface area contributed by atoms with Gasteiger partial charge in [0.1, 0.15) is 91.5 Å². The molecule has 4 rings (SSSR count). The molecule has 0 radical (unpaired) electrons. The summed E-state index contributed by atoms with van der Waals surface area (Å²) in [5.74, 6) is -0.759. The smallest absolute Gasteiger partial charge is 0.217 e. The van der Waals surface area contributed by atoms with Gasteiger partial charge in [-0.1, -0.05) is 0 Å². The highest BCUT2D eigenvalue weighted by atomic mass is 16.8. The maximum atomic E-state index is 12.5. The van der Waals surface area contributed by atoms with Crippen LogP contribution in [0.3, 0.4) is 0 Å². The largest absolute Gasteiger partial charge is 0.394 e. The molecule has 4 aliphatic rings. The van der Waals surface area contributed by atoms with E-state index in [4.69, 9.17) is 33.2 Å². The summed E-state index contributed by atoms with van der Waals surface area (Å²) >= 11 is 0. The van der Waals surface area contributed by atoms with Crippen LogP contribution in [0, 0.1) is 0 Å². The summed E-state index contributed by atoms with van der Waals surface area (Å²) < 4.78 is 39.6. The molecule has 0 spiro atoms. The van der Waals surface area contributed by atoms with E-state index in [1.165, 1.54) is 6.92 Å². The number of aliphatic hydroxyl groups excluding tert-OH is 12. The first-order valence-corrected chi connectivity index (χ1v) is 15.0. The minimum Gasteiger partial charge on any atom is -0.394 e. The SMILES string of the molecule is CC(=O)N[C@H]1C(O[C@H]2[C@@H](O)[C@H](O)[C@@H](CO)O[C@@H]2O)O[C@H](CO)[C@@H](OC2O[C@H](CO)[C@H](O)[C@H](O)[C@H]2O)[C@@H]1OC1O[C@@H](C)[C@@H](O)[C@@H](O)[C@@H]1O. The van der Waals surface area contributed by atoms with E-state index in [2.05, 4.69) is 5.32 Å². The quantitative estimate of drug-likeness (QED) is 0.101. The molecule has 4 aliphatic heterocycles. The van der Waals surface area contributed by atoms with Crippen molar-refractivity contribution in [2.45, 2.75) is 137 Å². The predicted octanol–water partition coefficient (Wildman–Crippen LogP) is -8.58. The summed E-state index contributed by atoms with van der Waals surface area (Å²) in [7, 11) is 0. The van der Waals surface area contributed by atoms with E-state index < -0.39 is 148 Å². The van der Waals surface area contributed by atoms with E-state index in [0.29, 0.717) is 0 Å². The average Bonchev–Trinajstić information content (AvgIpc) is 3.04. The zero-order chi connectivity index (χ0) is 34.9. The van der Waals surface area contributed by atoms with Gasteiger partial charge < -0.3 is 99.8 Å². The van der Waals surface area contributed by atoms with Gasteiger partial charge in [0, 0.05) is 6.92 Å². The van der Waals surface area contributed by atoms with Crippen LogP contribution in [0.15, 0.2) is 0 Å². The molecule has 0 aromatic carbocycles. The van der Waals surface area contributed by atoms with Gasteiger partial charge in [-0.25, -0.2) is 0 Å². The second-order valence-electron chi connectivity index (χ2n) is 11.9. The Hall–Kier alpha value is -1.29. The van der Waals surface area contributed by atoms with Crippen LogP contribution in [-0.4, -0.2) is 210 Å². The molecular formula is C26H45NO20. The molecule has 21 nitrogen and oxygen atoms in total. The van der Waals surface area contributed by atoms with Gasteiger partial charge in [-0.15, -0.1) is 0 Å². The van der Waals surface area contributed by atoms with Crippen LogP contribution in [0.25, 0.3) is 0 Å². The minimum absolute atomic E-state index is 0.759. The number of rotatable bonds is 10. The summed E-state index contributed by atoms with van der Waals surface area (Å²) in [6, 6.07) is -1.60. The van der Waals surface area contributed by atoms with E-state index in [1.807, 2.05) is 0 Å². The highest BCUT2D eigenvalue weighted by molar-refractivity contribution is 5.73. The number of carbonyl (C=O) groups excluding carboxylic acids is 1. The molecule has 4 saturated heterocycles. The van der Waals surface area contributed by atoms with E-state index in [9.17, 15) is 66.1 Å². The molecule has 0 aromatic rings. The van der Waals surface area contributed by atoms with Crippen LogP contribution >= 0.6 is 0 Å². The summed E-state index contributed by atoms with van der Waals surface area (Å²) in [4.78, 5) is 12.5. The lowest BCUT2D eigenvalue weighted by Crippen LogP contribution is -2.71. The van der Waals surface area contributed by atoms with Crippen molar-refractivity contribution in [2.75, 3.05) is 19.8 Å². The number of hydrogen-bond donors (Lipinski definition) is 13. The van der Waals surface area contributed by atoms with Crippen LogP contribution in [0.1, 0.15) is 13.8 Å². The average molecular weight is 692 g/mol.